The number of aliphatic carboxylic acids is 2. The Balaban J connectivity index is -0.0000000483. The molecule has 0 spiro atoms. The molecule has 0 aliphatic carbocycles. The number of carbonyl (C=O) groups is 2. The van der Waals surface area contributed by atoms with Crippen molar-refractivity contribution in [2.45, 2.75) is 6.92 Å². The molecule has 0 radical (unpaired) electrons. The fourth-order valence-corrected chi connectivity index (χ4v) is 0.0494. The van der Waals surface area contributed by atoms with Crippen molar-refractivity contribution in [3.63, 3.8) is 0 Å². The summed E-state index contributed by atoms with van der Waals surface area (Å²) in [4.78, 5) is 18.3. The quantitative estimate of drug-likeness (QED) is 0.167. The van der Waals surface area contributed by atoms with Crippen molar-refractivity contribution in [3.8, 4) is 0 Å². The van der Waals surface area contributed by atoms with Gasteiger partial charge in [0.05, 0.1) is 0 Å². The average Bonchev–Trinajstić information content (AvgIpc) is 1.62. The van der Waals surface area contributed by atoms with Crippen molar-refractivity contribution in [2.24, 2.45) is 5.16 Å². The Labute approximate surface area is 86.3 Å². The van der Waals surface area contributed by atoms with Crippen LogP contribution in [0.15, 0.2) is 5.16 Å². The molecular weight excluding hydrogens is 165 g/mol. The van der Waals surface area contributed by atoms with Crippen molar-refractivity contribution >= 4 is 18.2 Å². The molecule has 0 heterocycles. The van der Waals surface area contributed by atoms with E-state index in [1.165, 1.54) is 0 Å². The third-order valence-corrected chi connectivity index (χ3v) is 0.168. The normalized spacial score (nSPS) is 7.36. The molecule has 0 atom stereocenters. The summed E-state index contributed by atoms with van der Waals surface area (Å²) in [7, 11) is 0. The zero-order valence-electron chi connectivity index (χ0n) is 7.18. The molecule has 0 saturated carbocycles. The largest absolute Gasteiger partial charge is 1.00 e. The van der Waals surface area contributed by atoms with E-state index >= 15 is 0 Å². The molecule has 60 valence electrons. The molecule has 0 rings (SSSR count). The van der Waals surface area contributed by atoms with E-state index in [9.17, 15) is 4.79 Å². The van der Waals surface area contributed by atoms with Gasteiger partial charge in [0.1, 0.15) is 0 Å². The van der Waals surface area contributed by atoms with Crippen LogP contribution in [0, 0.1) is 0 Å². The van der Waals surface area contributed by atoms with E-state index in [1.54, 1.807) is 0 Å². The summed E-state index contributed by atoms with van der Waals surface area (Å²) < 4.78 is 0. The van der Waals surface area contributed by atoms with Gasteiger partial charge in [0, 0.05) is 6.92 Å². The van der Waals surface area contributed by atoms with Crippen molar-refractivity contribution in [1.29, 1.82) is 0 Å². The van der Waals surface area contributed by atoms with Crippen molar-refractivity contribution in [1.82, 2.24) is 0 Å². The maximum atomic E-state index is 9.29. The molecule has 7 heteroatoms. The molecule has 0 fully saturated rings. The summed E-state index contributed by atoms with van der Waals surface area (Å²) >= 11 is 0. The van der Waals surface area contributed by atoms with Crippen molar-refractivity contribution in [3.05, 3.63) is 0 Å². The molecule has 0 aromatic rings. The van der Waals surface area contributed by atoms with E-state index in [2.05, 4.69) is 5.16 Å². The van der Waals surface area contributed by atoms with Gasteiger partial charge >= 0.3 is 35.5 Å². The first-order valence-electron chi connectivity index (χ1n) is 2.10. The fraction of sp³-hybridized carbons (Fsp3) is 0.250. The van der Waals surface area contributed by atoms with Crippen molar-refractivity contribution in [2.75, 3.05) is 0 Å². The first-order chi connectivity index (χ1) is 4.50. The van der Waals surface area contributed by atoms with E-state index < -0.39 is 11.9 Å². The zero-order chi connectivity index (χ0) is 8.57. The second-order valence-electron chi connectivity index (χ2n) is 1.10. The second kappa shape index (κ2) is 12.1. The first-order valence-corrected chi connectivity index (χ1v) is 2.10. The third-order valence-electron chi connectivity index (χ3n) is 0.168. The Morgan fingerprint density at radius 3 is 1.73 bits per heavy atom. The molecule has 11 heavy (non-hydrogen) atoms. The molecule has 0 unspecified atom stereocenters. The fourth-order valence-electron chi connectivity index (χ4n) is 0.0494. The van der Waals surface area contributed by atoms with Crippen LogP contribution >= 0.6 is 0 Å². The van der Waals surface area contributed by atoms with Gasteiger partial charge in [-0.2, -0.15) is 0 Å². The molecule has 0 bridgehead atoms. The van der Waals surface area contributed by atoms with Gasteiger partial charge in [0.25, 0.3) is 5.97 Å². The standard InChI is InChI=1S/C2H3NO3.C2H4O2.Na.H/c4-2(5)1-3-6;1-2(3)4;;/h1,6H,(H,4,5);1H3,(H,3,4);;/q;;+1;-1. The maximum absolute atomic E-state index is 9.29. The topological polar surface area (TPSA) is 107 Å². The number of oxime groups is 1. The molecule has 0 amide bonds. The number of carboxylic acids is 2. The molecule has 3 N–H and O–H groups in total. The summed E-state index contributed by atoms with van der Waals surface area (Å²) in [5, 5.41) is 24.7. The molecule has 0 aromatic carbocycles. The van der Waals surface area contributed by atoms with Gasteiger partial charge in [-0.25, -0.2) is 4.79 Å². The van der Waals surface area contributed by atoms with Crippen LogP contribution in [-0.2, 0) is 9.59 Å². The van der Waals surface area contributed by atoms with Gasteiger partial charge < -0.3 is 16.8 Å². The van der Waals surface area contributed by atoms with E-state index in [0.717, 1.165) is 6.92 Å². The van der Waals surface area contributed by atoms with Crippen LogP contribution in [0.25, 0.3) is 0 Å². The smallest absolute Gasteiger partial charge is 1.00 e. The van der Waals surface area contributed by atoms with E-state index in [0.29, 0.717) is 6.21 Å². The minimum atomic E-state index is -1.25. The predicted octanol–water partition coefficient (Wildman–Crippen LogP) is -3.26. The van der Waals surface area contributed by atoms with Crippen LogP contribution in [0.3, 0.4) is 0 Å². The Kier molecular flexibility index (Phi) is 18.5. The average molecular weight is 173 g/mol. The van der Waals surface area contributed by atoms with Crippen LogP contribution in [0.2, 0.25) is 0 Å². The first kappa shape index (κ1) is 16.8. The Morgan fingerprint density at radius 2 is 1.73 bits per heavy atom. The van der Waals surface area contributed by atoms with E-state index in [-0.39, 0.29) is 31.0 Å². The monoisotopic (exact) mass is 173 g/mol. The summed E-state index contributed by atoms with van der Waals surface area (Å²) in [5.74, 6) is -2.09. The third kappa shape index (κ3) is 89.0. The van der Waals surface area contributed by atoms with Crippen LogP contribution in [0.1, 0.15) is 8.35 Å². The number of rotatable bonds is 1. The Morgan fingerprint density at radius 1 is 1.45 bits per heavy atom. The van der Waals surface area contributed by atoms with Gasteiger partial charge in [-0.05, 0) is 0 Å². The van der Waals surface area contributed by atoms with E-state index in [1.807, 2.05) is 0 Å². The van der Waals surface area contributed by atoms with Gasteiger partial charge in [-0.15, -0.1) is 0 Å². The van der Waals surface area contributed by atoms with Crippen LogP contribution in [0.4, 0.5) is 0 Å². The van der Waals surface area contributed by atoms with E-state index in [4.69, 9.17) is 20.2 Å². The molecule has 0 aliphatic rings. The summed E-state index contributed by atoms with van der Waals surface area (Å²) in [6.07, 6.45) is 0.389. The summed E-state index contributed by atoms with van der Waals surface area (Å²) in [6, 6.07) is 0. The minimum absolute atomic E-state index is 0. The predicted molar refractivity (Wildman–Crippen MR) is 32.3 cm³/mol. The number of nitrogens with zero attached hydrogens (tertiary/aromatic N) is 1. The van der Waals surface area contributed by atoms with Gasteiger partial charge in [0.15, 0.2) is 6.21 Å². The number of carboxylic acid groups (broad SMARTS) is 2. The van der Waals surface area contributed by atoms with Gasteiger partial charge in [-0.1, -0.05) is 5.16 Å². The number of hydrogen-bond donors (Lipinski definition) is 3. The molecule has 6 nitrogen and oxygen atoms in total. The maximum Gasteiger partial charge on any atom is 1.00 e. The van der Waals surface area contributed by atoms with Gasteiger partial charge in [0.2, 0.25) is 0 Å². The molecular formula is C4H8NNaO5. The summed E-state index contributed by atoms with van der Waals surface area (Å²) in [6.45, 7) is 1.08. The zero-order valence-corrected chi connectivity index (χ0v) is 8.18. The summed E-state index contributed by atoms with van der Waals surface area (Å²) in [5.41, 5.74) is 0. The van der Waals surface area contributed by atoms with Crippen LogP contribution < -0.4 is 29.6 Å². The second-order valence-corrected chi connectivity index (χ2v) is 1.10. The van der Waals surface area contributed by atoms with Crippen molar-refractivity contribution < 1.29 is 56.0 Å². The van der Waals surface area contributed by atoms with Gasteiger partial charge in [-0.3, -0.25) is 4.79 Å². The van der Waals surface area contributed by atoms with Crippen LogP contribution in [0.5, 0.6) is 0 Å². The van der Waals surface area contributed by atoms with Crippen LogP contribution in [-0.4, -0.2) is 33.6 Å². The molecule has 0 saturated heterocycles. The Bertz CT molecular complexity index is 146. The SMILES string of the molecule is CC(=O)O.O=C(O)C=NO.[H-].[Na+]. The Hall–Kier alpha value is -0.590. The molecule has 0 aromatic heterocycles. The minimum Gasteiger partial charge on any atom is -1.00 e. The molecule has 0 aliphatic heterocycles. The number of hydrogen-bond acceptors (Lipinski definition) is 4.